The highest BCUT2D eigenvalue weighted by atomic mass is 32.2. The second-order valence-corrected chi connectivity index (χ2v) is 13.3. The van der Waals surface area contributed by atoms with Crippen molar-refractivity contribution in [3.8, 4) is 11.5 Å². The number of amides is 2. The zero-order valence-electron chi connectivity index (χ0n) is 26.6. The minimum Gasteiger partial charge on any atom is -0.497 e. The number of nitro benzene ring substituents is 1. The van der Waals surface area contributed by atoms with Gasteiger partial charge in [-0.25, -0.2) is 8.42 Å². The first kappa shape index (κ1) is 34.8. The molecule has 0 aliphatic carbocycles. The van der Waals surface area contributed by atoms with Gasteiger partial charge in [-0.1, -0.05) is 25.1 Å². The van der Waals surface area contributed by atoms with Crippen LogP contribution in [0.2, 0.25) is 0 Å². The molecule has 3 aromatic rings. The summed E-state index contributed by atoms with van der Waals surface area (Å²) in [6.07, 6.45) is 0.247. The average molecular weight is 641 g/mol. The first-order chi connectivity index (χ1) is 21.1. The van der Waals surface area contributed by atoms with Crippen molar-refractivity contribution >= 4 is 33.2 Å². The summed E-state index contributed by atoms with van der Waals surface area (Å²) in [5, 5.41) is 14.6. The van der Waals surface area contributed by atoms with Gasteiger partial charge >= 0.3 is 0 Å². The Morgan fingerprint density at radius 2 is 1.62 bits per heavy atom. The van der Waals surface area contributed by atoms with Crippen LogP contribution in [0.15, 0.2) is 71.6 Å². The van der Waals surface area contributed by atoms with Crippen LogP contribution in [0.4, 0.5) is 11.4 Å². The van der Waals surface area contributed by atoms with Gasteiger partial charge < -0.3 is 19.7 Å². The Bertz CT molecular complexity index is 1640. The molecule has 0 saturated carbocycles. The van der Waals surface area contributed by atoms with Crippen molar-refractivity contribution in [2.45, 2.75) is 64.1 Å². The normalized spacial score (nSPS) is 12.2. The molecule has 1 N–H and O–H groups in total. The third-order valence-electron chi connectivity index (χ3n) is 6.98. The lowest BCUT2D eigenvalue weighted by atomic mass is 10.1. The van der Waals surface area contributed by atoms with Crippen LogP contribution in [-0.4, -0.2) is 62.4 Å². The maximum absolute atomic E-state index is 14.3. The SMILES string of the molecule is CC[C@H](C(=O)NC(C)(C)C)N(Cc1cccc(OC)c1)C(=O)CN(c1ccc(OC)cc1)S(=O)(=O)c1ccc(C)c([N+](=O)[O-])c1. The number of methoxy groups -OCH3 is 2. The number of nitrogens with zero attached hydrogens (tertiary/aromatic N) is 3. The molecule has 45 heavy (non-hydrogen) atoms. The van der Waals surface area contributed by atoms with E-state index in [2.05, 4.69) is 5.32 Å². The van der Waals surface area contributed by atoms with Gasteiger partial charge in [-0.05, 0) is 82.1 Å². The maximum Gasteiger partial charge on any atom is 0.273 e. The molecule has 0 unspecified atom stereocenters. The number of nitrogens with one attached hydrogen (secondary N) is 1. The van der Waals surface area contributed by atoms with Crippen LogP contribution in [0, 0.1) is 17.0 Å². The quantitative estimate of drug-likeness (QED) is 0.206. The first-order valence-corrected chi connectivity index (χ1v) is 15.7. The van der Waals surface area contributed by atoms with Gasteiger partial charge in [-0.3, -0.25) is 24.0 Å². The van der Waals surface area contributed by atoms with Crippen molar-refractivity contribution < 1.29 is 32.4 Å². The van der Waals surface area contributed by atoms with E-state index in [1.165, 1.54) is 50.3 Å². The van der Waals surface area contributed by atoms with Crippen molar-refractivity contribution in [2.75, 3.05) is 25.1 Å². The standard InChI is InChI=1S/C32H40N4O8S/c1-8-28(31(38)33-32(3,4)5)34(20-23-10-9-11-26(18-23)44-7)30(37)21-35(24-13-15-25(43-6)16-14-24)45(41,42)27-17-12-22(2)29(19-27)36(39)40/h9-19,28H,8,20-21H2,1-7H3,(H,33,38)/t28-/m1/s1. The van der Waals surface area contributed by atoms with Gasteiger partial charge in [0.05, 0.1) is 29.7 Å². The lowest BCUT2D eigenvalue weighted by molar-refractivity contribution is -0.385. The van der Waals surface area contributed by atoms with Crippen molar-refractivity contribution in [3.05, 3.63) is 88.0 Å². The van der Waals surface area contributed by atoms with E-state index in [0.29, 0.717) is 17.1 Å². The monoisotopic (exact) mass is 640 g/mol. The van der Waals surface area contributed by atoms with Gasteiger partial charge in [-0.2, -0.15) is 0 Å². The Morgan fingerprint density at radius 1 is 0.978 bits per heavy atom. The number of carbonyl (C=O) groups excluding carboxylic acids is 2. The molecule has 1 atom stereocenters. The molecule has 0 aliphatic heterocycles. The van der Waals surface area contributed by atoms with Crippen LogP contribution in [-0.2, 0) is 26.2 Å². The Hall–Kier alpha value is -4.65. The summed E-state index contributed by atoms with van der Waals surface area (Å²) >= 11 is 0. The van der Waals surface area contributed by atoms with Crippen molar-refractivity contribution in [1.82, 2.24) is 10.2 Å². The summed E-state index contributed by atoms with van der Waals surface area (Å²) < 4.78 is 39.7. The Morgan fingerprint density at radius 3 is 2.18 bits per heavy atom. The van der Waals surface area contributed by atoms with Crippen LogP contribution in [0.3, 0.4) is 0 Å². The number of aryl methyl sites for hydroxylation is 1. The van der Waals surface area contributed by atoms with Crippen molar-refractivity contribution in [1.29, 1.82) is 0 Å². The van der Waals surface area contributed by atoms with E-state index in [0.717, 1.165) is 10.4 Å². The molecule has 0 saturated heterocycles. The topological polar surface area (TPSA) is 148 Å². The average Bonchev–Trinajstić information content (AvgIpc) is 2.98. The Labute approximate surface area is 264 Å². The van der Waals surface area contributed by atoms with Gasteiger partial charge in [0.1, 0.15) is 24.1 Å². The van der Waals surface area contributed by atoms with Gasteiger partial charge in [0, 0.05) is 23.7 Å². The number of benzene rings is 3. The number of sulfonamides is 1. The molecule has 0 aromatic heterocycles. The largest absolute Gasteiger partial charge is 0.497 e. The number of hydrogen-bond acceptors (Lipinski definition) is 8. The van der Waals surface area contributed by atoms with Crippen molar-refractivity contribution in [2.24, 2.45) is 0 Å². The second kappa shape index (κ2) is 14.4. The van der Waals surface area contributed by atoms with E-state index in [4.69, 9.17) is 9.47 Å². The fourth-order valence-corrected chi connectivity index (χ4v) is 6.13. The van der Waals surface area contributed by atoms with E-state index in [1.54, 1.807) is 43.3 Å². The van der Waals surface area contributed by atoms with Gasteiger partial charge in [0.2, 0.25) is 11.8 Å². The van der Waals surface area contributed by atoms with E-state index in [1.807, 2.05) is 20.8 Å². The third-order valence-corrected chi connectivity index (χ3v) is 8.75. The predicted molar refractivity (Wildman–Crippen MR) is 171 cm³/mol. The fraction of sp³-hybridized carbons (Fsp3) is 0.375. The molecule has 3 aromatic carbocycles. The molecule has 0 heterocycles. The summed E-state index contributed by atoms with van der Waals surface area (Å²) in [6, 6.07) is 15.7. The molecule has 242 valence electrons. The van der Waals surface area contributed by atoms with Crippen LogP contribution >= 0.6 is 0 Å². The minimum absolute atomic E-state index is 0.0153. The summed E-state index contributed by atoms with van der Waals surface area (Å²) in [4.78, 5) is 39.7. The van der Waals surface area contributed by atoms with E-state index < -0.39 is 44.9 Å². The maximum atomic E-state index is 14.3. The number of rotatable bonds is 13. The number of nitro groups is 1. The molecular formula is C32H40N4O8S. The lowest BCUT2D eigenvalue weighted by Gasteiger charge is -2.34. The molecule has 0 fully saturated rings. The minimum atomic E-state index is -4.52. The zero-order valence-corrected chi connectivity index (χ0v) is 27.4. The molecule has 0 spiro atoms. The van der Waals surface area contributed by atoms with E-state index in [-0.39, 0.29) is 34.8 Å². The van der Waals surface area contributed by atoms with Gasteiger partial charge in [-0.15, -0.1) is 0 Å². The predicted octanol–water partition coefficient (Wildman–Crippen LogP) is 4.84. The molecule has 12 nitrogen and oxygen atoms in total. The lowest BCUT2D eigenvalue weighted by Crippen LogP contribution is -2.55. The fourth-order valence-electron chi connectivity index (χ4n) is 4.69. The van der Waals surface area contributed by atoms with Gasteiger partial charge in [0.25, 0.3) is 15.7 Å². The molecule has 3 rings (SSSR count). The molecule has 2 amide bonds. The third kappa shape index (κ3) is 8.72. The number of anilines is 1. The van der Waals surface area contributed by atoms with E-state index in [9.17, 15) is 28.1 Å². The second-order valence-electron chi connectivity index (χ2n) is 11.5. The summed E-state index contributed by atoms with van der Waals surface area (Å²) in [6.45, 7) is 8.03. The highest BCUT2D eigenvalue weighted by molar-refractivity contribution is 7.92. The Kier molecular flexibility index (Phi) is 11.2. The highest BCUT2D eigenvalue weighted by Gasteiger charge is 2.35. The molecule has 0 aliphatic rings. The van der Waals surface area contributed by atoms with Crippen molar-refractivity contribution in [3.63, 3.8) is 0 Å². The smallest absolute Gasteiger partial charge is 0.273 e. The molecule has 0 radical (unpaired) electrons. The first-order valence-electron chi connectivity index (χ1n) is 14.3. The Balaban J connectivity index is 2.14. The highest BCUT2D eigenvalue weighted by Crippen LogP contribution is 2.30. The van der Waals surface area contributed by atoms with Crippen LogP contribution in [0.1, 0.15) is 45.2 Å². The van der Waals surface area contributed by atoms with Crippen LogP contribution in [0.5, 0.6) is 11.5 Å². The molecule has 0 bridgehead atoms. The van der Waals surface area contributed by atoms with Gasteiger partial charge in [0.15, 0.2) is 0 Å². The summed E-state index contributed by atoms with van der Waals surface area (Å²) in [7, 11) is -1.54. The number of hydrogen-bond donors (Lipinski definition) is 1. The molecular weight excluding hydrogens is 600 g/mol. The number of ether oxygens (including phenoxy) is 2. The van der Waals surface area contributed by atoms with Crippen LogP contribution in [0.25, 0.3) is 0 Å². The van der Waals surface area contributed by atoms with E-state index >= 15 is 0 Å². The summed E-state index contributed by atoms with van der Waals surface area (Å²) in [5.41, 5.74) is 0.111. The molecule has 13 heteroatoms. The van der Waals surface area contributed by atoms with Crippen LogP contribution < -0.4 is 19.1 Å². The zero-order chi connectivity index (χ0) is 33.5. The number of carbonyl (C=O) groups is 2. The summed E-state index contributed by atoms with van der Waals surface area (Å²) in [5.74, 6) is -0.0440.